The van der Waals surface area contributed by atoms with E-state index in [2.05, 4.69) is 11.4 Å². The zero-order valence-electron chi connectivity index (χ0n) is 16.6. The number of carbonyl (C=O) groups is 2. The van der Waals surface area contributed by atoms with E-state index in [0.717, 1.165) is 11.8 Å². The molecular weight excluding hydrogens is 458 g/mol. The Morgan fingerprint density at radius 2 is 1.84 bits per heavy atom. The number of hydrogen-bond acceptors (Lipinski definition) is 5. The zero-order valence-corrected chi connectivity index (χ0v) is 19.0. The van der Waals surface area contributed by atoms with Gasteiger partial charge in [-0.05, 0) is 49.7 Å². The first-order chi connectivity index (χ1) is 14.7. The number of dihydropyridines is 1. The number of rotatable bonds is 6. The van der Waals surface area contributed by atoms with Gasteiger partial charge in [0.25, 0.3) is 0 Å². The Hall–Kier alpha value is -2.59. The summed E-state index contributed by atoms with van der Waals surface area (Å²) < 4.78 is 13.4. The van der Waals surface area contributed by atoms with Crippen molar-refractivity contribution in [3.8, 4) is 6.07 Å². The number of allylic oxidation sites excluding steroid dienone is 3. The number of hydrogen-bond donors (Lipinski definition) is 1. The van der Waals surface area contributed by atoms with Crippen LogP contribution in [0.1, 0.15) is 35.7 Å². The van der Waals surface area contributed by atoms with Crippen molar-refractivity contribution in [2.24, 2.45) is 0 Å². The highest BCUT2D eigenvalue weighted by molar-refractivity contribution is 8.03. The Kier molecular flexibility index (Phi) is 7.22. The average molecular weight is 475 g/mol. The average Bonchev–Trinajstić information content (AvgIpc) is 2.73. The highest BCUT2D eigenvalue weighted by atomic mass is 35.5. The number of halogens is 3. The molecule has 4 nitrogen and oxygen atoms in total. The summed E-state index contributed by atoms with van der Waals surface area (Å²) in [6, 6.07) is 12.5. The van der Waals surface area contributed by atoms with E-state index in [4.69, 9.17) is 23.2 Å². The maximum absolute atomic E-state index is 13.4. The lowest BCUT2D eigenvalue weighted by atomic mass is 9.81. The van der Waals surface area contributed by atoms with Crippen molar-refractivity contribution in [3.05, 3.63) is 91.3 Å². The van der Waals surface area contributed by atoms with Crippen LogP contribution in [0.25, 0.3) is 0 Å². The van der Waals surface area contributed by atoms with Gasteiger partial charge in [-0.15, -0.1) is 0 Å². The van der Waals surface area contributed by atoms with Gasteiger partial charge in [0.15, 0.2) is 11.6 Å². The quantitative estimate of drug-likeness (QED) is 0.517. The summed E-state index contributed by atoms with van der Waals surface area (Å²) in [5.41, 5.74) is 2.35. The van der Waals surface area contributed by atoms with Gasteiger partial charge in [-0.2, -0.15) is 5.26 Å². The van der Waals surface area contributed by atoms with E-state index >= 15 is 0 Å². The molecule has 0 aliphatic carbocycles. The summed E-state index contributed by atoms with van der Waals surface area (Å²) in [6.07, 6.45) is 0. The number of Topliss-reactive ketones (excluding diaryl/α,β-unsaturated/α-hetero) is 2. The molecule has 1 heterocycles. The fraction of sp³-hybridized carbons (Fsp3) is 0.174. The molecule has 0 radical (unpaired) electrons. The Morgan fingerprint density at radius 3 is 2.42 bits per heavy atom. The van der Waals surface area contributed by atoms with Gasteiger partial charge in [-0.1, -0.05) is 47.1 Å². The molecule has 2 aromatic carbocycles. The molecule has 0 saturated carbocycles. The van der Waals surface area contributed by atoms with Crippen LogP contribution in [0.5, 0.6) is 0 Å². The normalized spacial score (nSPS) is 16.1. The van der Waals surface area contributed by atoms with Crippen molar-refractivity contribution in [1.82, 2.24) is 5.32 Å². The van der Waals surface area contributed by atoms with Gasteiger partial charge in [0.05, 0.1) is 38.4 Å². The lowest BCUT2D eigenvalue weighted by Crippen LogP contribution is -2.27. The molecule has 31 heavy (non-hydrogen) atoms. The number of carbonyl (C=O) groups excluding carboxylic acids is 2. The van der Waals surface area contributed by atoms with Crippen LogP contribution in [0.4, 0.5) is 4.39 Å². The van der Waals surface area contributed by atoms with Crippen molar-refractivity contribution in [2.45, 2.75) is 19.8 Å². The topological polar surface area (TPSA) is 70.0 Å². The molecule has 3 rings (SSSR count). The molecule has 0 saturated heterocycles. The second-order valence-corrected chi connectivity index (χ2v) is 8.70. The molecule has 1 atom stereocenters. The summed E-state index contributed by atoms with van der Waals surface area (Å²) in [5, 5.41) is 14.1. The van der Waals surface area contributed by atoms with Crippen molar-refractivity contribution in [2.75, 3.05) is 5.75 Å². The lowest BCUT2D eigenvalue weighted by Gasteiger charge is -2.29. The maximum Gasteiger partial charge on any atom is 0.173 e. The molecule has 1 aliphatic rings. The van der Waals surface area contributed by atoms with E-state index < -0.39 is 11.7 Å². The monoisotopic (exact) mass is 474 g/mol. The third-order valence-corrected chi connectivity index (χ3v) is 6.58. The van der Waals surface area contributed by atoms with E-state index in [1.54, 1.807) is 31.2 Å². The first-order valence-corrected chi connectivity index (χ1v) is 11.0. The standard InChI is InChI=1S/C23H17Cl2FN2O2S/c1-12-21(13(2)29)22(14-3-6-16(26)7-4-14)17(10-27)23(28-12)31-11-20(30)15-5-8-18(24)19(25)9-15/h3-9,22,28H,11H2,1-2H3/t22-/m0/s1. The lowest BCUT2D eigenvalue weighted by molar-refractivity contribution is -0.113. The van der Waals surface area contributed by atoms with Gasteiger partial charge >= 0.3 is 0 Å². The van der Waals surface area contributed by atoms with E-state index in [9.17, 15) is 19.2 Å². The summed E-state index contributed by atoms with van der Waals surface area (Å²) in [7, 11) is 0. The molecule has 0 amide bonds. The van der Waals surface area contributed by atoms with Crippen molar-refractivity contribution < 1.29 is 14.0 Å². The smallest absolute Gasteiger partial charge is 0.173 e. The van der Waals surface area contributed by atoms with Gasteiger partial charge in [0.2, 0.25) is 0 Å². The van der Waals surface area contributed by atoms with Gasteiger partial charge in [0.1, 0.15) is 5.82 Å². The molecular formula is C23H17Cl2FN2O2S. The Bertz CT molecular complexity index is 1170. The minimum atomic E-state index is -0.646. The highest BCUT2D eigenvalue weighted by Gasteiger charge is 2.33. The van der Waals surface area contributed by atoms with Crippen molar-refractivity contribution in [1.29, 1.82) is 5.26 Å². The molecule has 1 aliphatic heterocycles. The SMILES string of the molecule is CC(=O)C1=C(C)NC(SCC(=O)c2ccc(Cl)c(Cl)c2)=C(C#N)[C@@H]1c1ccc(F)cc1. The predicted octanol–water partition coefficient (Wildman–Crippen LogP) is 6.03. The Balaban J connectivity index is 1.94. The van der Waals surface area contributed by atoms with Crippen LogP contribution in [0.15, 0.2) is 64.3 Å². The first-order valence-electron chi connectivity index (χ1n) is 9.22. The van der Waals surface area contributed by atoms with E-state index in [0.29, 0.717) is 38.0 Å². The molecule has 1 N–H and O–H groups in total. The van der Waals surface area contributed by atoms with Gasteiger partial charge in [-0.25, -0.2) is 4.39 Å². The Morgan fingerprint density at radius 1 is 1.16 bits per heavy atom. The molecule has 0 spiro atoms. The van der Waals surface area contributed by atoms with Gasteiger partial charge < -0.3 is 5.32 Å². The molecule has 158 valence electrons. The van der Waals surface area contributed by atoms with Crippen LogP contribution in [0.2, 0.25) is 10.0 Å². The van der Waals surface area contributed by atoms with Gasteiger partial charge in [-0.3, -0.25) is 9.59 Å². The van der Waals surface area contributed by atoms with Crippen LogP contribution in [0, 0.1) is 17.1 Å². The molecule has 2 aromatic rings. The van der Waals surface area contributed by atoms with Crippen LogP contribution in [-0.2, 0) is 4.79 Å². The minimum Gasteiger partial charge on any atom is -0.353 e. The summed E-state index contributed by atoms with van der Waals surface area (Å²) in [6.45, 7) is 3.17. The molecule has 0 fully saturated rings. The highest BCUT2D eigenvalue weighted by Crippen LogP contribution is 2.41. The first kappa shape index (κ1) is 23.1. The fourth-order valence-electron chi connectivity index (χ4n) is 3.37. The number of nitrogens with zero attached hydrogens (tertiary/aromatic N) is 1. The third kappa shape index (κ3) is 5.01. The van der Waals surface area contributed by atoms with E-state index in [1.807, 2.05) is 0 Å². The molecule has 0 bridgehead atoms. The van der Waals surface area contributed by atoms with E-state index in [1.165, 1.54) is 25.1 Å². The summed E-state index contributed by atoms with van der Waals surface area (Å²) in [5.74, 6) is -1.39. The second-order valence-electron chi connectivity index (χ2n) is 6.90. The third-order valence-electron chi connectivity index (χ3n) is 4.82. The molecule has 0 unspecified atom stereocenters. The van der Waals surface area contributed by atoms with Crippen molar-refractivity contribution >= 4 is 46.5 Å². The van der Waals surface area contributed by atoms with Crippen LogP contribution < -0.4 is 5.32 Å². The van der Waals surface area contributed by atoms with Gasteiger partial charge in [0, 0.05) is 16.8 Å². The number of nitriles is 1. The zero-order chi connectivity index (χ0) is 22.7. The van der Waals surface area contributed by atoms with Crippen LogP contribution in [-0.4, -0.2) is 17.3 Å². The molecule has 0 aromatic heterocycles. The number of thioether (sulfide) groups is 1. The fourth-order valence-corrected chi connectivity index (χ4v) is 4.66. The number of nitrogens with one attached hydrogen (secondary N) is 1. The van der Waals surface area contributed by atoms with E-state index in [-0.39, 0.29) is 22.3 Å². The summed E-state index contributed by atoms with van der Waals surface area (Å²) >= 11 is 13.1. The minimum absolute atomic E-state index is 0.0459. The number of benzene rings is 2. The van der Waals surface area contributed by atoms with Crippen molar-refractivity contribution in [3.63, 3.8) is 0 Å². The maximum atomic E-state index is 13.4. The predicted molar refractivity (Wildman–Crippen MR) is 122 cm³/mol. The van der Waals surface area contributed by atoms with Crippen LogP contribution >= 0.6 is 35.0 Å². The van der Waals surface area contributed by atoms with Crippen LogP contribution in [0.3, 0.4) is 0 Å². The second kappa shape index (κ2) is 9.69. The Labute approximate surface area is 193 Å². The number of ketones is 2. The summed E-state index contributed by atoms with van der Waals surface area (Å²) in [4.78, 5) is 25.0. The molecule has 8 heteroatoms. The largest absolute Gasteiger partial charge is 0.353 e.